The van der Waals surface area contributed by atoms with Crippen LogP contribution in [0, 0.1) is 18.3 Å². The van der Waals surface area contributed by atoms with Gasteiger partial charge in [0.2, 0.25) is 0 Å². The molecule has 0 aliphatic heterocycles. The topological polar surface area (TPSA) is 88.5 Å². The van der Waals surface area contributed by atoms with Crippen LogP contribution in [-0.2, 0) is 13.6 Å². The Balaban J connectivity index is 2.31. The Hall–Kier alpha value is -2.62. The first-order valence-corrected chi connectivity index (χ1v) is 5.84. The van der Waals surface area contributed by atoms with Crippen LogP contribution in [0.4, 0.5) is 5.82 Å². The van der Waals surface area contributed by atoms with Gasteiger partial charge in [0.1, 0.15) is 23.1 Å². The normalized spacial score (nSPS) is 10.2. The summed E-state index contributed by atoms with van der Waals surface area (Å²) in [6, 6.07) is 3.70. The van der Waals surface area contributed by atoms with Gasteiger partial charge in [-0.05, 0) is 19.9 Å². The maximum Gasteiger partial charge on any atom is 0.275 e. The van der Waals surface area contributed by atoms with Crippen molar-refractivity contribution in [2.24, 2.45) is 7.05 Å². The molecule has 0 bridgehead atoms. The quantitative estimate of drug-likeness (QED) is 0.891. The zero-order valence-corrected chi connectivity index (χ0v) is 11.0. The number of rotatable bonds is 3. The third kappa shape index (κ3) is 2.33. The van der Waals surface area contributed by atoms with Crippen molar-refractivity contribution in [1.29, 1.82) is 5.26 Å². The van der Waals surface area contributed by atoms with Crippen molar-refractivity contribution in [2.75, 3.05) is 5.32 Å². The van der Waals surface area contributed by atoms with E-state index in [0.29, 0.717) is 23.6 Å². The maximum absolute atomic E-state index is 12.2. The molecule has 2 rings (SSSR count). The van der Waals surface area contributed by atoms with Crippen LogP contribution in [0.15, 0.2) is 12.3 Å². The lowest BCUT2D eigenvalue weighted by Crippen LogP contribution is -2.19. The minimum atomic E-state index is -0.303. The highest BCUT2D eigenvalue weighted by Gasteiger charge is 2.17. The third-order valence-electron chi connectivity index (χ3n) is 2.73. The van der Waals surface area contributed by atoms with Crippen molar-refractivity contribution in [2.45, 2.75) is 20.4 Å². The monoisotopic (exact) mass is 258 g/mol. The van der Waals surface area contributed by atoms with Gasteiger partial charge in [-0.3, -0.25) is 14.2 Å². The van der Waals surface area contributed by atoms with Crippen LogP contribution in [0.2, 0.25) is 0 Å². The van der Waals surface area contributed by atoms with E-state index in [-0.39, 0.29) is 5.91 Å². The number of amides is 1. The SMILES string of the molecule is CCn1nc(C)cc1C(=O)Nc1c(C#N)cnn1C. The van der Waals surface area contributed by atoms with Crippen LogP contribution in [0.1, 0.15) is 28.7 Å². The molecule has 0 unspecified atom stereocenters. The van der Waals surface area contributed by atoms with Gasteiger partial charge in [-0.15, -0.1) is 0 Å². The van der Waals surface area contributed by atoms with Gasteiger partial charge in [0, 0.05) is 13.6 Å². The Morgan fingerprint density at radius 1 is 1.58 bits per heavy atom. The van der Waals surface area contributed by atoms with E-state index >= 15 is 0 Å². The minimum Gasteiger partial charge on any atom is -0.304 e. The number of hydrogen-bond acceptors (Lipinski definition) is 4. The van der Waals surface area contributed by atoms with E-state index in [1.54, 1.807) is 17.8 Å². The number of carbonyl (C=O) groups is 1. The molecule has 2 aromatic heterocycles. The van der Waals surface area contributed by atoms with Crippen molar-refractivity contribution in [3.8, 4) is 6.07 Å². The molecule has 0 atom stereocenters. The standard InChI is InChI=1S/C12H14N6O/c1-4-18-10(5-8(2)16-18)12(19)15-11-9(6-13)7-14-17(11)3/h5,7H,4H2,1-3H3,(H,15,19). The van der Waals surface area contributed by atoms with Crippen LogP contribution in [0.25, 0.3) is 0 Å². The lowest BCUT2D eigenvalue weighted by Gasteiger charge is -2.07. The number of aryl methyl sites for hydroxylation is 3. The predicted molar refractivity (Wildman–Crippen MR) is 68.5 cm³/mol. The summed E-state index contributed by atoms with van der Waals surface area (Å²) in [6.07, 6.45) is 1.41. The van der Waals surface area contributed by atoms with Gasteiger partial charge >= 0.3 is 0 Å². The van der Waals surface area contributed by atoms with Crippen molar-refractivity contribution in [1.82, 2.24) is 19.6 Å². The first-order valence-electron chi connectivity index (χ1n) is 5.84. The van der Waals surface area contributed by atoms with E-state index in [2.05, 4.69) is 15.5 Å². The highest BCUT2D eigenvalue weighted by Crippen LogP contribution is 2.14. The fourth-order valence-electron chi connectivity index (χ4n) is 1.81. The summed E-state index contributed by atoms with van der Waals surface area (Å²) in [5.74, 6) is 0.0801. The summed E-state index contributed by atoms with van der Waals surface area (Å²) in [5, 5.41) is 19.8. The maximum atomic E-state index is 12.2. The van der Waals surface area contributed by atoms with E-state index < -0.39 is 0 Å². The predicted octanol–water partition coefficient (Wildman–Crippen LogP) is 1.07. The molecule has 1 amide bonds. The second kappa shape index (κ2) is 4.94. The Morgan fingerprint density at radius 2 is 2.32 bits per heavy atom. The molecule has 0 saturated heterocycles. The summed E-state index contributed by atoms with van der Waals surface area (Å²) < 4.78 is 3.07. The van der Waals surface area contributed by atoms with Gasteiger partial charge in [0.25, 0.3) is 5.91 Å². The van der Waals surface area contributed by atoms with Crippen LogP contribution in [-0.4, -0.2) is 25.5 Å². The molecule has 0 fully saturated rings. The molecule has 7 heteroatoms. The number of aromatic nitrogens is 4. The number of nitriles is 1. The molecule has 1 N–H and O–H groups in total. The second-order valence-electron chi connectivity index (χ2n) is 4.08. The number of nitrogens with one attached hydrogen (secondary N) is 1. The Kier molecular flexibility index (Phi) is 3.33. The van der Waals surface area contributed by atoms with E-state index in [4.69, 9.17) is 5.26 Å². The lowest BCUT2D eigenvalue weighted by molar-refractivity contribution is 0.101. The summed E-state index contributed by atoms with van der Waals surface area (Å²) >= 11 is 0. The average molecular weight is 258 g/mol. The van der Waals surface area contributed by atoms with Crippen LogP contribution < -0.4 is 5.32 Å². The first kappa shape index (κ1) is 12.8. The molecule has 0 aliphatic rings. The number of hydrogen-bond donors (Lipinski definition) is 1. The summed E-state index contributed by atoms with van der Waals surface area (Å²) in [4.78, 5) is 12.2. The third-order valence-corrected chi connectivity index (χ3v) is 2.73. The summed E-state index contributed by atoms with van der Waals surface area (Å²) in [7, 11) is 1.67. The number of carbonyl (C=O) groups excluding carboxylic acids is 1. The molecule has 7 nitrogen and oxygen atoms in total. The van der Waals surface area contributed by atoms with Gasteiger partial charge in [-0.25, -0.2) is 0 Å². The average Bonchev–Trinajstić information content (AvgIpc) is 2.93. The van der Waals surface area contributed by atoms with Gasteiger partial charge in [-0.1, -0.05) is 0 Å². The molecule has 98 valence electrons. The highest BCUT2D eigenvalue weighted by molar-refractivity contribution is 6.03. The highest BCUT2D eigenvalue weighted by atomic mass is 16.2. The molecule has 0 radical (unpaired) electrons. The molecule has 0 aromatic carbocycles. The molecule has 0 aliphatic carbocycles. The largest absolute Gasteiger partial charge is 0.304 e. The molecule has 2 heterocycles. The van der Waals surface area contributed by atoms with Crippen molar-refractivity contribution in [3.63, 3.8) is 0 Å². The van der Waals surface area contributed by atoms with Crippen LogP contribution >= 0.6 is 0 Å². The minimum absolute atomic E-state index is 0.303. The fourth-order valence-corrected chi connectivity index (χ4v) is 1.81. The van der Waals surface area contributed by atoms with E-state index in [1.165, 1.54) is 10.9 Å². The molecular formula is C12H14N6O. The summed E-state index contributed by atoms with van der Waals surface area (Å²) in [5.41, 5.74) is 1.57. The van der Waals surface area contributed by atoms with Gasteiger partial charge in [-0.2, -0.15) is 15.5 Å². The van der Waals surface area contributed by atoms with E-state index in [0.717, 1.165) is 5.69 Å². The number of anilines is 1. The van der Waals surface area contributed by atoms with E-state index in [1.807, 2.05) is 19.9 Å². The van der Waals surface area contributed by atoms with E-state index in [9.17, 15) is 4.79 Å². The number of nitrogens with zero attached hydrogens (tertiary/aromatic N) is 5. The molecule has 0 spiro atoms. The van der Waals surface area contributed by atoms with Gasteiger partial charge in [0.15, 0.2) is 0 Å². The van der Waals surface area contributed by atoms with Crippen molar-refractivity contribution >= 4 is 11.7 Å². The van der Waals surface area contributed by atoms with Crippen LogP contribution in [0.3, 0.4) is 0 Å². The Bertz CT molecular complexity index is 660. The van der Waals surface area contributed by atoms with Gasteiger partial charge in [0.05, 0.1) is 11.9 Å². The summed E-state index contributed by atoms with van der Waals surface area (Å²) in [6.45, 7) is 4.34. The first-order chi connectivity index (χ1) is 9.06. The van der Waals surface area contributed by atoms with Crippen molar-refractivity contribution < 1.29 is 4.79 Å². The smallest absolute Gasteiger partial charge is 0.275 e. The lowest BCUT2D eigenvalue weighted by atomic mass is 10.3. The Morgan fingerprint density at radius 3 is 2.95 bits per heavy atom. The van der Waals surface area contributed by atoms with Crippen molar-refractivity contribution in [3.05, 3.63) is 29.2 Å². The molecule has 2 aromatic rings. The van der Waals surface area contributed by atoms with Gasteiger partial charge < -0.3 is 5.32 Å². The zero-order chi connectivity index (χ0) is 14.0. The zero-order valence-electron chi connectivity index (χ0n) is 11.0. The van der Waals surface area contributed by atoms with Crippen LogP contribution in [0.5, 0.6) is 0 Å². The molecule has 19 heavy (non-hydrogen) atoms. The molecule has 0 saturated carbocycles. The molecular weight excluding hydrogens is 244 g/mol. The fraction of sp³-hybridized carbons (Fsp3) is 0.333. The second-order valence-corrected chi connectivity index (χ2v) is 4.08. The Labute approximate surface area is 110 Å².